The van der Waals surface area contributed by atoms with E-state index in [1.807, 2.05) is 0 Å². The Labute approximate surface area is 307 Å². The highest BCUT2D eigenvalue weighted by atomic mass is 16.5. The number of hydrogen-bond donors (Lipinski definition) is 0. The summed E-state index contributed by atoms with van der Waals surface area (Å²) in [5.41, 5.74) is 3.74. The molecule has 1 nitrogen and oxygen atoms in total. The van der Waals surface area contributed by atoms with E-state index in [9.17, 15) is 0 Å². The molecule has 5 aliphatic carbocycles. The Balaban J connectivity index is 1.04. The highest BCUT2D eigenvalue weighted by Crippen LogP contribution is 2.77. The molecule has 0 aliphatic heterocycles. The van der Waals surface area contributed by atoms with Gasteiger partial charge in [-0.15, -0.1) is 0 Å². The average molecular weight is 679 g/mol. The number of ether oxygens (including phenoxy) is 1. The van der Waals surface area contributed by atoms with E-state index in [0.717, 1.165) is 36.2 Å². The lowest BCUT2D eigenvalue weighted by Crippen LogP contribution is -2.66. The molecule has 49 heavy (non-hydrogen) atoms. The third-order valence-electron chi connectivity index (χ3n) is 17.7. The van der Waals surface area contributed by atoms with Gasteiger partial charge in [-0.25, -0.2) is 0 Å². The predicted octanol–water partition coefficient (Wildman–Crippen LogP) is 15.3. The maximum Gasteiger partial charge on any atom is 0.0629 e. The van der Waals surface area contributed by atoms with Crippen molar-refractivity contribution in [3.63, 3.8) is 0 Å². The van der Waals surface area contributed by atoms with Crippen LogP contribution in [0.1, 0.15) is 222 Å². The second kappa shape index (κ2) is 16.8. The van der Waals surface area contributed by atoms with Gasteiger partial charge in [-0.3, -0.25) is 0 Å². The summed E-state index contributed by atoms with van der Waals surface area (Å²) >= 11 is 0. The highest BCUT2D eigenvalue weighted by Gasteiger charge is 2.70. The molecule has 1 heteroatoms. The van der Waals surface area contributed by atoms with Crippen molar-refractivity contribution in [1.29, 1.82) is 0 Å². The molecule has 0 aromatic rings. The van der Waals surface area contributed by atoms with Crippen LogP contribution in [0.2, 0.25) is 0 Å². The summed E-state index contributed by atoms with van der Waals surface area (Å²) in [7, 11) is 0. The fraction of sp³-hybridized carbons (Fsp3) is 0.958. The molecule has 5 saturated carbocycles. The van der Waals surface area contributed by atoms with E-state index in [1.54, 1.807) is 0 Å². The summed E-state index contributed by atoms with van der Waals surface area (Å²) < 4.78 is 6.86. The second-order valence-corrected chi connectivity index (χ2v) is 20.9. The van der Waals surface area contributed by atoms with Crippen LogP contribution in [0.25, 0.3) is 0 Å². The smallest absolute Gasteiger partial charge is 0.0629 e. The normalized spacial score (nSPS) is 41.1. The van der Waals surface area contributed by atoms with Crippen LogP contribution in [0.3, 0.4) is 0 Å². The molecule has 0 bridgehead atoms. The Hall–Kier alpha value is -0.300. The van der Waals surface area contributed by atoms with Gasteiger partial charge in [-0.05, 0) is 134 Å². The standard InChI is InChI=1S/C48H86O/c1-10-11-12-13-14-15-16-17-18-19-20-21-22-23-24-25-36-49-42-30-32-46(7)40(44(42,4)5)29-33-48(9)41(46)27-26-39-43-38(37(2)3)28-31-45(43,6)34-35-47(39,48)8/h38-43H,2,10-36H2,1,3-9H3/t38-,39+,40-,41+,42-,43+,45+,46-,47+,48+/m0/s1. The Morgan fingerprint density at radius 3 is 1.71 bits per heavy atom. The summed E-state index contributed by atoms with van der Waals surface area (Å²) in [6.45, 7) is 26.5. The first-order chi connectivity index (χ1) is 23.3. The SMILES string of the molecule is C=C(C)[C@@H]1CC[C@]2(C)CC[C@]3(C)[C@H](CC[C@@H]4[C@@]5(C)CC[C@H](OCCCCCCCCCCCCCCCCCC)C(C)(C)[C@@H]5CC[C@]43C)[C@@H]12. The molecule has 0 heterocycles. The largest absolute Gasteiger partial charge is 0.378 e. The van der Waals surface area contributed by atoms with Gasteiger partial charge >= 0.3 is 0 Å². The van der Waals surface area contributed by atoms with Gasteiger partial charge in [0.2, 0.25) is 0 Å². The van der Waals surface area contributed by atoms with Gasteiger partial charge in [0.1, 0.15) is 0 Å². The van der Waals surface area contributed by atoms with E-state index in [-0.39, 0.29) is 5.41 Å². The molecule has 5 rings (SSSR count). The first-order valence-electron chi connectivity index (χ1n) is 22.6. The van der Waals surface area contributed by atoms with Crippen molar-refractivity contribution in [3.8, 4) is 0 Å². The first kappa shape index (κ1) is 39.9. The van der Waals surface area contributed by atoms with Crippen molar-refractivity contribution in [2.75, 3.05) is 6.61 Å². The van der Waals surface area contributed by atoms with Crippen LogP contribution in [-0.4, -0.2) is 12.7 Å². The third-order valence-corrected chi connectivity index (χ3v) is 17.7. The maximum atomic E-state index is 6.86. The minimum atomic E-state index is 0.281. The topological polar surface area (TPSA) is 9.23 Å². The van der Waals surface area contributed by atoms with Crippen LogP contribution in [0.4, 0.5) is 0 Å². The highest BCUT2D eigenvalue weighted by molar-refractivity contribution is 5.21. The monoisotopic (exact) mass is 679 g/mol. The van der Waals surface area contributed by atoms with Crippen LogP contribution in [0, 0.1) is 56.7 Å². The van der Waals surface area contributed by atoms with Gasteiger partial charge in [0.25, 0.3) is 0 Å². The predicted molar refractivity (Wildman–Crippen MR) is 214 cm³/mol. The fourth-order valence-electron chi connectivity index (χ4n) is 14.6. The molecule has 0 saturated heterocycles. The quantitative estimate of drug-likeness (QED) is 0.0976. The van der Waals surface area contributed by atoms with E-state index >= 15 is 0 Å². The lowest BCUT2D eigenvalue weighted by atomic mass is 9.32. The molecular formula is C48H86O. The Bertz CT molecular complexity index is 1040. The van der Waals surface area contributed by atoms with Gasteiger partial charge in [0.05, 0.1) is 6.10 Å². The molecule has 0 spiro atoms. The number of allylic oxidation sites excluding steroid dienone is 1. The lowest BCUT2D eigenvalue weighted by molar-refractivity contribution is -0.250. The van der Waals surface area contributed by atoms with E-state index in [2.05, 4.69) is 62.0 Å². The van der Waals surface area contributed by atoms with Crippen LogP contribution < -0.4 is 0 Å². The Morgan fingerprint density at radius 1 is 0.571 bits per heavy atom. The molecule has 0 aromatic heterocycles. The van der Waals surface area contributed by atoms with Crippen LogP contribution >= 0.6 is 0 Å². The van der Waals surface area contributed by atoms with Crippen molar-refractivity contribution < 1.29 is 4.74 Å². The number of rotatable bonds is 19. The molecule has 0 amide bonds. The van der Waals surface area contributed by atoms with Gasteiger partial charge in [-0.2, -0.15) is 0 Å². The van der Waals surface area contributed by atoms with Gasteiger partial charge in [0.15, 0.2) is 0 Å². The molecule has 0 N–H and O–H groups in total. The second-order valence-electron chi connectivity index (χ2n) is 20.9. The summed E-state index contributed by atoms with van der Waals surface area (Å²) in [5.74, 6) is 4.20. The van der Waals surface area contributed by atoms with Gasteiger partial charge in [-0.1, -0.05) is 157 Å². The molecule has 284 valence electrons. The molecule has 0 unspecified atom stereocenters. The maximum absolute atomic E-state index is 6.86. The first-order valence-corrected chi connectivity index (χ1v) is 22.6. The van der Waals surface area contributed by atoms with Crippen molar-refractivity contribution in [3.05, 3.63) is 12.2 Å². The summed E-state index contributed by atoms with van der Waals surface area (Å²) in [6.07, 6.45) is 37.6. The van der Waals surface area contributed by atoms with Crippen LogP contribution in [0.15, 0.2) is 12.2 Å². The van der Waals surface area contributed by atoms with Crippen LogP contribution in [-0.2, 0) is 4.74 Å². The zero-order chi connectivity index (χ0) is 35.3. The summed E-state index contributed by atoms with van der Waals surface area (Å²) in [6, 6.07) is 0. The molecular weight excluding hydrogens is 593 g/mol. The number of unbranched alkanes of at least 4 members (excludes halogenated alkanes) is 15. The minimum absolute atomic E-state index is 0.281. The van der Waals surface area contributed by atoms with Crippen molar-refractivity contribution in [1.82, 2.24) is 0 Å². The molecule has 5 fully saturated rings. The Kier molecular flexibility index (Phi) is 13.7. The van der Waals surface area contributed by atoms with Crippen molar-refractivity contribution >= 4 is 0 Å². The number of hydrogen-bond acceptors (Lipinski definition) is 1. The minimum Gasteiger partial charge on any atom is -0.378 e. The fourth-order valence-corrected chi connectivity index (χ4v) is 14.6. The number of fused-ring (bicyclic) bond motifs is 7. The Morgan fingerprint density at radius 2 is 1.14 bits per heavy atom. The van der Waals surface area contributed by atoms with E-state index in [0.29, 0.717) is 27.8 Å². The summed E-state index contributed by atoms with van der Waals surface area (Å²) in [4.78, 5) is 0. The van der Waals surface area contributed by atoms with Crippen LogP contribution in [0.5, 0.6) is 0 Å². The van der Waals surface area contributed by atoms with Gasteiger partial charge < -0.3 is 4.74 Å². The van der Waals surface area contributed by atoms with E-state index < -0.39 is 0 Å². The molecule has 5 aliphatic rings. The molecule has 10 atom stereocenters. The molecule has 0 radical (unpaired) electrons. The average Bonchev–Trinajstić information content (AvgIpc) is 3.41. The lowest BCUT2D eigenvalue weighted by Gasteiger charge is -2.73. The zero-order valence-corrected chi connectivity index (χ0v) is 34.7. The van der Waals surface area contributed by atoms with Gasteiger partial charge in [0, 0.05) is 6.61 Å². The zero-order valence-electron chi connectivity index (χ0n) is 34.7. The van der Waals surface area contributed by atoms with E-state index in [4.69, 9.17) is 4.74 Å². The van der Waals surface area contributed by atoms with Crippen molar-refractivity contribution in [2.45, 2.75) is 228 Å². The van der Waals surface area contributed by atoms with E-state index in [1.165, 1.54) is 173 Å². The van der Waals surface area contributed by atoms with Crippen molar-refractivity contribution in [2.24, 2.45) is 56.7 Å². The molecule has 0 aromatic carbocycles. The summed E-state index contributed by atoms with van der Waals surface area (Å²) in [5, 5.41) is 0. The third kappa shape index (κ3) is 7.98.